The molecule has 0 unspecified atom stereocenters. The Morgan fingerprint density at radius 2 is 1.74 bits per heavy atom. The summed E-state index contributed by atoms with van der Waals surface area (Å²) in [6.07, 6.45) is 0. The van der Waals surface area contributed by atoms with E-state index in [0.29, 0.717) is 28.7 Å². The van der Waals surface area contributed by atoms with Gasteiger partial charge in [0.15, 0.2) is 18.1 Å². The van der Waals surface area contributed by atoms with E-state index in [1.165, 1.54) is 16.6 Å². The lowest BCUT2D eigenvalue weighted by Gasteiger charge is -2.10. The molecule has 0 saturated heterocycles. The second-order valence-electron chi connectivity index (χ2n) is 7.44. The molecule has 0 saturated carbocycles. The van der Waals surface area contributed by atoms with Gasteiger partial charge < -0.3 is 14.8 Å². The van der Waals surface area contributed by atoms with Gasteiger partial charge in [-0.2, -0.15) is 4.52 Å². The van der Waals surface area contributed by atoms with Crippen LogP contribution >= 0.6 is 0 Å². The molecule has 0 radical (unpaired) electrons. The van der Waals surface area contributed by atoms with Crippen LogP contribution in [0.4, 0.5) is 4.39 Å². The largest absolute Gasteiger partial charge is 0.483 e. The molecule has 0 aliphatic carbocycles. The third-order valence-electron chi connectivity index (χ3n) is 5.12. The molecule has 1 N–H and O–H groups in total. The fourth-order valence-electron chi connectivity index (χ4n) is 3.49. The molecule has 2 aromatic heterocycles. The highest BCUT2D eigenvalue weighted by Crippen LogP contribution is 2.25. The first-order chi connectivity index (χ1) is 16.7. The molecular formula is C25H20FN5O3. The van der Waals surface area contributed by atoms with E-state index in [9.17, 15) is 9.18 Å². The topological polar surface area (TPSA) is 90.6 Å². The highest BCUT2D eigenvalue weighted by Gasteiger charge is 2.11. The average Bonchev–Trinajstić information content (AvgIpc) is 3.29. The third kappa shape index (κ3) is 4.63. The fourth-order valence-corrected chi connectivity index (χ4v) is 3.49. The number of hydrogen-bond donors (Lipinski definition) is 1. The lowest BCUT2D eigenvalue weighted by Crippen LogP contribution is -2.32. The summed E-state index contributed by atoms with van der Waals surface area (Å²) in [5, 5.41) is 17.4. The first-order valence-corrected chi connectivity index (χ1v) is 10.7. The van der Waals surface area contributed by atoms with Crippen LogP contribution in [0.25, 0.3) is 27.8 Å². The summed E-state index contributed by atoms with van der Waals surface area (Å²) in [5.74, 6) is 0.889. The van der Waals surface area contributed by atoms with Crippen molar-refractivity contribution in [1.29, 1.82) is 0 Å². The van der Waals surface area contributed by atoms with E-state index in [0.717, 1.165) is 10.8 Å². The molecule has 9 heteroatoms. The minimum Gasteiger partial charge on any atom is -0.483 e. The predicted molar refractivity (Wildman–Crippen MR) is 124 cm³/mol. The van der Waals surface area contributed by atoms with Gasteiger partial charge in [0.25, 0.3) is 5.91 Å². The summed E-state index contributed by atoms with van der Waals surface area (Å²) in [6, 6.07) is 22.9. The minimum absolute atomic E-state index is 0.0973. The van der Waals surface area contributed by atoms with Crippen LogP contribution < -0.4 is 14.8 Å². The van der Waals surface area contributed by atoms with Crippen molar-refractivity contribution in [3.05, 3.63) is 84.7 Å². The second kappa shape index (κ2) is 9.53. The number of fused-ring (bicyclic) bond motifs is 2. The molecule has 2 heterocycles. The predicted octanol–water partition coefficient (Wildman–Crippen LogP) is 3.66. The van der Waals surface area contributed by atoms with Gasteiger partial charge in [0.1, 0.15) is 18.2 Å². The molecule has 0 aliphatic heterocycles. The Balaban J connectivity index is 1.14. The first-order valence-electron chi connectivity index (χ1n) is 10.7. The number of nitrogens with zero attached hydrogens (tertiary/aromatic N) is 4. The number of halogens is 1. The Morgan fingerprint density at radius 1 is 0.912 bits per heavy atom. The lowest BCUT2D eigenvalue weighted by molar-refractivity contribution is -0.123. The quantitative estimate of drug-likeness (QED) is 0.358. The maximum atomic E-state index is 13.2. The molecular weight excluding hydrogens is 437 g/mol. The summed E-state index contributed by atoms with van der Waals surface area (Å²) in [7, 11) is 0. The Kier molecular flexibility index (Phi) is 5.98. The van der Waals surface area contributed by atoms with Crippen LogP contribution in [0.2, 0.25) is 0 Å². The monoisotopic (exact) mass is 457 g/mol. The Labute approximate surface area is 194 Å². The molecule has 0 atom stereocenters. The number of rotatable bonds is 8. The fraction of sp³-hybridized carbons (Fsp3) is 0.120. The van der Waals surface area contributed by atoms with Gasteiger partial charge in [-0.1, -0.05) is 36.4 Å². The van der Waals surface area contributed by atoms with Crippen LogP contribution in [0.1, 0.15) is 0 Å². The number of aromatic nitrogens is 4. The van der Waals surface area contributed by atoms with E-state index in [-0.39, 0.29) is 31.5 Å². The standard InChI is InChI=1S/C25H20FN5O3/c26-19-10-8-18(9-11-19)25-29-28-22-12-13-24(30-31(22)25)33-15-14-27-23(32)16-34-21-7-3-5-17-4-1-2-6-20(17)21/h1-13H,14-16H2,(H,27,32). The maximum Gasteiger partial charge on any atom is 0.258 e. The molecule has 0 aliphatic rings. The van der Waals surface area contributed by atoms with Crippen LogP contribution in [0, 0.1) is 5.82 Å². The molecule has 8 nitrogen and oxygen atoms in total. The average molecular weight is 457 g/mol. The number of carbonyl (C=O) groups is 1. The molecule has 170 valence electrons. The zero-order valence-electron chi connectivity index (χ0n) is 18.0. The molecule has 0 fully saturated rings. The second-order valence-corrected chi connectivity index (χ2v) is 7.44. The van der Waals surface area contributed by atoms with Crippen molar-refractivity contribution >= 4 is 22.3 Å². The van der Waals surface area contributed by atoms with Gasteiger partial charge >= 0.3 is 0 Å². The normalized spacial score (nSPS) is 11.0. The first kappa shape index (κ1) is 21.3. The van der Waals surface area contributed by atoms with E-state index in [1.807, 2.05) is 42.5 Å². The van der Waals surface area contributed by atoms with Crippen LogP contribution in [0.15, 0.2) is 78.9 Å². The molecule has 3 aromatic carbocycles. The number of ether oxygens (including phenoxy) is 2. The third-order valence-corrected chi connectivity index (χ3v) is 5.12. The van der Waals surface area contributed by atoms with Crippen LogP contribution in [-0.4, -0.2) is 45.5 Å². The smallest absolute Gasteiger partial charge is 0.258 e. The van der Waals surface area contributed by atoms with Crippen LogP contribution in [0.5, 0.6) is 11.6 Å². The van der Waals surface area contributed by atoms with Crippen molar-refractivity contribution in [2.24, 2.45) is 0 Å². The van der Waals surface area contributed by atoms with Crippen molar-refractivity contribution in [3.63, 3.8) is 0 Å². The van der Waals surface area contributed by atoms with Crippen molar-refractivity contribution < 1.29 is 18.7 Å². The molecule has 0 bridgehead atoms. The lowest BCUT2D eigenvalue weighted by atomic mass is 10.1. The van der Waals surface area contributed by atoms with Gasteiger partial charge in [-0.05, 0) is 41.8 Å². The van der Waals surface area contributed by atoms with Gasteiger partial charge in [-0.15, -0.1) is 15.3 Å². The van der Waals surface area contributed by atoms with E-state index in [2.05, 4.69) is 20.6 Å². The molecule has 0 spiro atoms. The number of benzene rings is 3. The number of nitrogens with one attached hydrogen (secondary N) is 1. The van der Waals surface area contributed by atoms with Crippen LogP contribution in [-0.2, 0) is 4.79 Å². The van der Waals surface area contributed by atoms with Gasteiger partial charge in [-0.3, -0.25) is 4.79 Å². The Bertz CT molecular complexity index is 1450. The molecule has 34 heavy (non-hydrogen) atoms. The van der Waals surface area contributed by atoms with E-state index in [4.69, 9.17) is 9.47 Å². The SMILES string of the molecule is O=C(COc1cccc2ccccc12)NCCOc1ccc2nnc(-c3ccc(F)cc3)n2n1. The van der Waals surface area contributed by atoms with E-state index >= 15 is 0 Å². The summed E-state index contributed by atoms with van der Waals surface area (Å²) in [6.45, 7) is 0.400. The van der Waals surface area contributed by atoms with Crippen LogP contribution in [0.3, 0.4) is 0 Å². The number of amides is 1. The van der Waals surface area contributed by atoms with Gasteiger partial charge in [0.05, 0.1) is 6.54 Å². The van der Waals surface area contributed by atoms with E-state index < -0.39 is 0 Å². The van der Waals surface area contributed by atoms with Gasteiger partial charge in [0, 0.05) is 17.0 Å². The highest BCUT2D eigenvalue weighted by atomic mass is 19.1. The maximum absolute atomic E-state index is 13.2. The summed E-state index contributed by atoms with van der Waals surface area (Å²) < 4.78 is 26.1. The van der Waals surface area contributed by atoms with Crippen molar-refractivity contribution in [2.75, 3.05) is 19.8 Å². The van der Waals surface area contributed by atoms with Crippen molar-refractivity contribution in [2.45, 2.75) is 0 Å². The van der Waals surface area contributed by atoms with Gasteiger partial charge in [0.2, 0.25) is 5.88 Å². The summed E-state index contributed by atoms with van der Waals surface area (Å²) in [5.41, 5.74) is 1.21. The van der Waals surface area contributed by atoms with Crippen molar-refractivity contribution in [1.82, 2.24) is 25.1 Å². The number of hydrogen-bond acceptors (Lipinski definition) is 6. The molecule has 5 aromatic rings. The Hall–Kier alpha value is -4.53. The molecule has 5 rings (SSSR count). The summed E-state index contributed by atoms with van der Waals surface area (Å²) in [4.78, 5) is 12.2. The Morgan fingerprint density at radius 3 is 2.62 bits per heavy atom. The zero-order valence-corrected chi connectivity index (χ0v) is 18.0. The van der Waals surface area contributed by atoms with E-state index in [1.54, 1.807) is 24.3 Å². The highest BCUT2D eigenvalue weighted by molar-refractivity contribution is 5.88. The summed E-state index contributed by atoms with van der Waals surface area (Å²) >= 11 is 0. The minimum atomic E-state index is -0.334. The molecule has 1 amide bonds. The zero-order chi connectivity index (χ0) is 23.3. The van der Waals surface area contributed by atoms with Gasteiger partial charge in [-0.25, -0.2) is 4.39 Å². The van der Waals surface area contributed by atoms with Crippen molar-refractivity contribution in [3.8, 4) is 23.0 Å². The number of carbonyl (C=O) groups excluding carboxylic acids is 1.